The molecule has 2 aromatic carbocycles. The highest BCUT2D eigenvalue weighted by Gasteiger charge is 2.08. The molecule has 0 heterocycles. The molecule has 0 N–H and O–H groups in total. The molecule has 0 aromatic heterocycles. The van der Waals surface area contributed by atoms with Crippen LogP contribution < -0.4 is 4.74 Å². The summed E-state index contributed by atoms with van der Waals surface area (Å²) in [4.78, 5) is 0. The average molecular weight is 482 g/mol. The summed E-state index contributed by atoms with van der Waals surface area (Å²) in [5.74, 6) is 1.08. The minimum absolute atomic E-state index is 0.542. The molecule has 2 rings (SSSR count). The normalized spacial score (nSPS) is 10.4. The third-order valence-electron chi connectivity index (χ3n) is 1.72. The van der Waals surface area contributed by atoms with E-state index in [4.69, 9.17) is 4.74 Å². The lowest BCUT2D eigenvalue weighted by Crippen LogP contribution is -1.88. The molecule has 1 nitrogen and oxygen atoms in total. The predicted molar refractivity (Wildman–Crippen MR) is 79.1 cm³/mol. The van der Waals surface area contributed by atoms with Gasteiger partial charge in [0, 0.05) is 33.2 Å². The Morgan fingerprint density at radius 2 is 1.18 bits per heavy atom. The van der Waals surface area contributed by atoms with Crippen LogP contribution in [-0.2, 0) is 0 Å². The van der Waals surface area contributed by atoms with E-state index in [0.29, 0.717) is 20.4 Å². The molecule has 0 aliphatic heterocycles. The second-order valence-electron chi connectivity index (χ2n) is 2.91. The first-order chi connectivity index (χ1) is 8.06. The molecule has 17 heavy (non-hydrogen) atoms. The van der Waals surface area contributed by atoms with Crippen LogP contribution in [0.1, 0.15) is 0 Å². The van der Waals surface area contributed by atoms with Crippen molar-refractivity contribution < 1.29 is 4.74 Å². The fourth-order valence-electron chi connectivity index (χ4n) is 1.03. The van der Waals surface area contributed by atoms with Crippen molar-refractivity contribution in [2.75, 3.05) is 0 Å². The molecule has 4 radical (unpaired) electrons. The molecule has 0 saturated carbocycles. The van der Waals surface area contributed by atoms with Crippen molar-refractivity contribution in [3.63, 3.8) is 0 Å². The smallest absolute Gasteiger partial charge is 0.150 e. The van der Waals surface area contributed by atoms with Crippen LogP contribution in [0.5, 0.6) is 11.5 Å². The maximum absolute atomic E-state index is 5.64. The average Bonchev–Trinajstić information content (AvgIpc) is 2.25. The van der Waals surface area contributed by atoms with Gasteiger partial charge in [-0.2, -0.15) is 0 Å². The number of ether oxygens (including phenoxy) is 1. The van der Waals surface area contributed by atoms with Gasteiger partial charge in [-0.05, 0) is 44.0 Å². The van der Waals surface area contributed by atoms with Gasteiger partial charge in [0.25, 0.3) is 0 Å². The molecule has 2 aromatic rings. The van der Waals surface area contributed by atoms with E-state index >= 15 is 0 Å². The lowest BCUT2D eigenvalue weighted by molar-refractivity contribution is 0.474. The summed E-state index contributed by atoms with van der Waals surface area (Å²) < 4.78 is 8.64. The summed E-state index contributed by atoms with van der Waals surface area (Å²) in [6.45, 7) is 0. The van der Waals surface area contributed by atoms with Gasteiger partial charge in [0.15, 0.2) is 0 Å². The van der Waals surface area contributed by atoms with E-state index in [1.807, 2.05) is 0 Å². The van der Waals surface area contributed by atoms with Crippen LogP contribution in [0.15, 0.2) is 30.0 Å². The van der Waals surface area contributed by atoms with Gasteiger partial charge < -0.3 is 4.74 Å². The Morgan fingerprint density at radius 1 is 0.765 bits per heavy atom. The van der Waals surface area contributed by atoms with Crippen LogP contribution >= 0.6 is 63.7 Å². The second kappa shape index (κ2) is 5.87. The lowest BCUT2D eigenvalue weighted by Gasteiger charge is -2.08. The van der Waals surface area contributed by atoms with Gasteiger partial charge >= 0.3 is 0 Å². The Bertz CT molecular complexity index is 505. The second-order valence-corrected chi connectivity index (χ2v) is 6.21. The van der Waals surface area contributed by atoms with Gasteiger partial charge in [-0.3, -0.25) is 0 Å². The standard InChI is InChI=1S/C12H2Br4O/c13-7-1-3-11(9(15)5-7)17-12-4-2-8(14)6-10(12)16/h1-2H. The summed E-state index contributed by atoms with van der Waals surface area (Å²) in [6.07, 6.45) is 0. The number of rotatable bonds is 2. The van der Waals surface area contributed by atoms with Gasteiger partial charge in [0.05, 0.1) is 8.95 Å². The SMILES string of the molecule is Brc1[c]c(Br)c(Oc2[c]cc(Br)[c]c2Br)[c]c1. The number of halogens is 4. The van der Waals surface area contributed by atoms with Crippen molar-refractivity contribution >= 4 is 63.7 Å². The Morgan fingerprint density at radius 3 is 1.53 bits per heavy atom. The van der Waals surface area contributed by atoms with E-state index in [1.165, 1.54) is 0 Å². The first kappa shape index (κ1) is 13.6. The van der Waals surface area contributed by atoms with Crippen molar-refractivity contribution in [3.8, 4) is 11.5 Å². The summed E-state index contributed by atoms with van der Waals surface area (Å²) in [5, 5.41) is 0. The van der Waals surface area contributed by atoms with Gasteiger partial charge in [0.1, 0.15) is 11.5 Å². The molecule has 0 saturated heterocycles. The number of hydrogen-bond acceptors (Lipinski definition) is 1. The van der Waals surface area contributed by atoms with Crippen molar-refractivity contribution in [2.45, 2.75) is 0 Å². The van der Waals surface area contributed by atoms with Crippen LogP contribution in [0, 0.1) is 24.3 Å². The predicted octanol–water partition coefficient (Wildman–Crippen LogP) is 5.73. The van der Waals surface area contributed by atoms with Crippen molar-refractivity contribution in [2.24, 2.45) is 0 Å². The fourth-order valence-corrected chi connectivity index (χ4v) is 3.01. The molecule has 0 amide bonds. The Balaban J connectivity index is 2.31. The van der Waals surface area contributed by atoms with Crippen LogP contribution in [-0.4, -0.2) is 0 Å². The van der Waals surface area contributed by atoms with E-state index in [0.717, 1.165) is 8.95 Å². The molecular weight excluding hydrogens is 480 g/mol. The molecule has 0 unspecified atom stereocenters. The minimum Gasteiger partial charge on any atom is -0.454 e. The maximum Gasteiger partial charge on any atom is 0.150 e. The maximum atomic E-state index is 5.64. The number of benzene rings is 2. The van der Waals surface area contributed by atoms with Crippen LogP contribution in [0.3, 0.4) is 0 Å². The first-order valence-electron chi connectivity index (χ1n) is 4.32. The fraction of sp³-hybridized carbons (Fsp3) is 0. The number of hydrogen-bond donors (Lipinski definition) is 0. The summed E-state index contributed by atoms with van der Waals surface area (Å²) in [7, 11) is 0. The topological polar surface area (TPSA) is 9.23 Å². The van der Waals surface area contributed by atoms with E-state index in [9.17, 15) is 0 Å². The first-order valence-corrected chi connectivity index (χ1v) is 7.49. The van der Waals surface area contributed by atoms with Gasteiger partial charge in [-0.15, -0.1) is 0 Å². The van der Waals surface area contributed by atoms with Crippen LogP contribution in [0.4, 0.5) is 0 Å². The molecule has 84 valence electrons. The molecule has 0 aliphatic carbocycles. The molecular formula is C12H2Br4O. The van der Waals surface area contributed by atoms with Gasteiger partial charge in [-0.1, -0.05) is 31.9 Å². The zero-order valence-corrected chi connectivity index (χ0v) is 14.4. The summed E-state index contributed by atoms with van der Waals surface area (Å²) in [5.41, 5.74) is 0. The molecule has 5 heteroatoms. The van der Waals surface area contributed by atoms with Gasteiger partial charge in [0.2, 0.25) is 0 Å². The van der Waals surface area contributed by atoms with Gasteiger partial charge in [-0.25, -0.2) is 0 Å². The lowest BCUT2D eigenvalue weighted by atomic mass is 10.3. The minimum atomic E-state index is 0.542. The molecule has 0 atom stereocenters. The van der Waals surface area contributed by atoms with E-state index in [2.05, 4.69) is 88.0 Å². The molecule has 0 spiro atoms. The Labute approximate surface area is 133 Å². The zero-order valence-electron chi connectivity index (χ0n) is 8.07. The van der Waals surface area contributed by atoms with E-state index in [-0.39, 0.29) is 0 Å². The van der Waals surface area contributed by atoms with Crippen molar-refractivity contribution in [3.05, 3.63) is 54.3 Å². The monoisotopic (exact) mass is 478 g/mol. The largest absolute Gasteiger partial charge is 0.454 e. The highest BCUT2D eigenvalue weighted by atomic mass is 79.9. The van der Waals surface area contributed by atoms with Crippen LogP contribution in [0.2, 0.25) is 0 Å². The third kappa shape index (κ3) is 3.56. The highest BCUT2D eigenvalue weighted by molar-refractivity contribution is 9.11. The molecule has 0 bridgehead atoms. The molecule has 0 aliphatic rings. The van der Waals surface area contributed by atoms with E-state index < -0.39 is 0 Å². The Kier molecular flexibility index (Phi) is 4.69. The van der Waals surface area contributed by atoms with Crippen molar-refractivity contribution in [1.29, 1.82) is 0 Å². The Hall–Kier alpha value is 0.160. The molecule has 0 fully saturated rings. The van der Waals surface area contributed by atoms with Crippen LogP contribution in [0.25, 0.3) is 0 Å². The van der Waals surface area contributed by atoms with E-state index in [1.54, 1.807) is 12.1 Å². The highest BCUT2D eigenvalue weighted by Crippen LogP contribution is 2.35. The summed E-state index contributed by atoms with van der Waals surface area (Å²) >= 11 is 13.3. The summed E-state index contributed by atoms with van der Waals surface area (Å²) in [6, 6.07) is 15.5. The third-order valence-corrected chi connectivity index (χ3v) is 3.69. The quantitative estimate of drug-likeness (QED) is 0.532. The van der Waals surface area contributed by atoms with Crippen molar-refractivity contribution in [1.82, 2.24) is 0 Å². The zero-order chi connectivity index (χ0) is 12.4.